The molecule has 0 unspecified atom stereocenters. The van der Waals surface area contributed by atoms with Crippen LogP contribution in [0.4, 0.5) is 5.69 Å². The fourth-order valence-corrected chi connectivity index (χ4v) is 3.98. The minimum absolute atomic E-state index is 0.130. The van der Waals surface area contributed by atoms with Crippen molar-refractivity contribution in [3.05, 3.63) is 90.0 Å². The smallest absolute Gasteiger partial charge is 0.330 e. The maximum Gasteiger partial charge on any atom is 0.330 e. The third-order valence-electron chi connectivity index (χ3n) is 5.67. The first-order chi connectivity index (χ1) is 16.5. The molecule has 1 saturated heterocycles. The number of benzene rings is 3. The lowest BCUT2D eigenvalue weighted by Crippen LogP contribution is -2.65. The number of esters is 2. The molecule has 0 N–H and O–H groups in total. The van der Waals surface area contributed by atoms with Crippen LogP contribution in [0.5, 0.6) is 11.5 Å². The molecule has 1 amide bonds. The zero-order chi connectivity index (χ0) is 24.1. The van der Waals surface area contributed by atoms with Gasteiger partial charge < -0.3 is 14.2 Å². The van der Waals surface area contributed by atoms with Crippen LogP contribution in [0.15, 0.2) is 78.9 Å². The Kier molecular flexibility index (Phi) is 6.92. The van der Waals surface area contributed by atoms with Gasteiger partial charge in [-0.25, -0.2) is 4.79 Å². The Morgan fingerprint density at radius 3 is 2.12 bits per heavy atom. The summed E-state index contributed by atoms with van der Waals surface area (Å²) in [7, 11) is 1.57. The average molecular weight is 459 g/mol. The molecule has 3 aromatic rings. The van der Waals surface area contributed by atoms with E-state index >= 15 is 0 Å². The number of rotatable bonds is 8. The van der Waals surface area contributed by atoms with Crippen molar-refractivity contribution < 1.29 is 28.6 Å². The maximum atomic E-state index is 13.1. The molecule has 34 heavy (non-hydrogen) atoms. The minimum atomic E-state index is -0.752. The third-order valence-corrected chi connectivity index (χ3v) is 5.67. The maximum absolute atomic E-state index is 13.1. The molecule has 0 radical (unpaired) electrons. The van der Waals surface area contributed by atoms with Crippen molar-refractivity contribution in [3.63, 3.8) is 0 Å². The van der Waals surface area contributed by atoms with Crippen molar-refractivity contribution in [2.75, 3.05) is 12.0 Å². The number of ether oxygens (including phenoxy) is 3. The first kappa shape index (κ1) is 23.0. The molecule has 0 bridgehead atoms. The zero-order valence-corrected chi connectivity index (χ0v) is 19.0. The van der Waals surface area contributed by atoms with Crippen molar-refractivity contribution in [1.29, 1.82) is 0 Å². The second-order valence-electron chi connectivity index (χ2n) is 7.99. The number of β-lactam (4-membered cyclic amide) rings is 1. The quantitative estimate of drug-likeness (QED) is 0.288. The van der Waals surface area contributed by atoms with Gasteiger partial charge in [-0.1, -0.05) is 42.5 Å². The van der Waals surface area contributed by atoms with Gasteiger partial charge in [0.1, 0.15) is 24.1 Å². The summed E-state index contributed by atoms with van der Waals surface area (Å²) < 4.78 is 15.9. The highest BCUT2D eigenvalue weighted by Gasteiger charge is 2.52. The number of methoxy groups -OCH3 is 1. The molecule has 0 aliphatic carbocycles. The van der Waals surface area contributed by atoms with Gasteiger partial charge in [0.2, 0.25) is 5.91 Å². The molecule has 1 aliphatic rings. The van der Waals surface area contributed by atoms with Crippen molar-refractivity contribution in [1.82, 2.24) is 0 Å². The minimum Gasteiger partial charge on any atom is -0.497 e. The van der Waals surface area contributed by atoms with E-state index in [2.05, 4.69) is 0 Å². The van der Waals surface area contributed by atoms with E-state index in [9.17, 15) is 14.4 Å². The van der Waals surface area contributed by atoms with Crippen LogP contribution in [0.1, 0.15) is 18.1 Å². The summed E-state index contributed by atoms with van der Waals surface area (Å²) in [5.41, 5.74) is 2.33. The lowest BCUT2D eigenvalue weighted by Gasteiger charge is -2.45. The molecule has 1 fully saturated rings. The molecule has 0 aromatic heterocycles. The number of nitrogens with zero attached hydrogens (tertiary/aromatic N) is 1. The first-order valence-electron chi connectivity index (χ1n) is 10.9. The van der Waals surface area contributed by atoms with Gasteiger partial charge in [-0.2, -0.15) is 0 Å². The second kappa shape index (κ2) is 10.2. The number of anilines is 1. The van der Waals surface area contributed by atoms with E-state index < -0.39 is 23.9 Å². The molecule has 2 atom stereocenters. The predicted molar refractivity (Wildman–Crippen MR) is 125 cm³/mol. The topological polar surface area (TPSA) is 82.1 Å². The van der Waals surface area contributed by atoms with Crippen LogP contribution >= 0.6 is 0 Å². The van der Waals surface area contributed by atoms with Gasteiger partial charge in [0, 0.05) is 12.6 Å². The Bertz CT molecular complexity index is 1160. The van der Waals surface area contributed by atoms with Gasteiger partial charge in [0.25, 0.3) is 0 Å². The molecule has 0 spiro atoms. The van der Waals surface area contributed by atoms with Crippen LogP contribution in [0.25, 0.3) is 0 Å². The number of carbonyl (C=O) groups is 3. The van der Waals surface area contributed by atoms with E-state index in [0.717, 1.165) is 11.1 Å². The van der Waals surface area contributed by atoms with Crippen LogP contribution in [-0.2, 0) is 32.1 Å². The van der Waals surface area contributed by atoms with Gasteiger partial charge >= 0.3 is 11.9 Å². The van der Waals surface area contributed by atoms with Gasteiger partial charge in [-0.05, 0) is 53.9 Å². The Balaban J connectivity index is 1.53. The summed E-state index contributed by atoms with van der Waals surface area (Å²) in [6.07, 6.45) is 0.358. The molecule has 174 valence electrons. The van der Waals surface area contributed by atoms with E-state index in [0.29, 0.717) is 23.6 Å². The number of amides is 1. The second-order valence-corrected chi connectivity index (χ2v) is 7.99. The number of hydrogen-bond acceptors (Lipinski definition) is 6. The van der Waals surface area contributed by atoms with E-state index in [4.69, 9.17) is 14.2 Å². The van der Waals surface area contributed by atoms with Crippen LogP contribution in [-0.4, -0.2) is 31.0 Å². The van der Waals surface area contributed by atoms with Crippen LogP contribution in [0.3, 0.4) is 0 Å². The normalized spacial score (nSPS) is 17.0. The Hall–Kier alpha value is -4.13. The standard InChI is InChI=1S/C27H25NO6/c1-18(29)34-23-12-8-19(9-13-23)16-24-25(27(31)33-17-20-6-4-3-5-7-20)28(26(24)30)21-10-14-22(32-2)15-11-21/h3-15,24-25H,16-17H2,1-2H3/t24-,25-/m0/s1. The summed E-state index contributed by atoms with van der Waals surface area (Å²) in [6.45, 7) is 1.46. The molecule has 1 aliphatic heterocycles. The highest BCUT2D eigenvalue weighted by atomic mass is 16.5. The average Bonchev–Trinajstić information content (AvgIpc) is 2.85. The molecule has 7 nitrogen and oxygen atoms in total. The van der Waals surface area contributed by atoms with E-state index in [1.165, 1.54) is 11.8 Å². The van der Waals surface area contributed by atoms with Gasteiger partial charge in [0.15, 0.2) is 0 Å². The Morgan fingerprint density at radius 2 is 1.50 bits per heavy atom. The van der Waals surface area contributed by atoms with E-state index in [1.54, 1.807) is 55.6 Å². The fourth-order valence-electron chi connectivity index (χ4n) is 3.98. The van der Waals surface area contributed by atoms with Gasteiger partial charge in [-0.3, -0.25) is 14.5 Å². The highest BCUT2D eigenvalue weighted by molar-refractivity contribution is 6.10. The molecule has 3 aromatic carbocycles. The third kappa shape index (κ3) is 5.09. The monoisotopic (exact) mass is 459 g/mol. The summed E-state index contributed by atoms with van der Waals surface area (Å²) in [5, 5.41) is 0. The van der Waals surface area contributed by atoms with Crippen molar-refractivity contribution >= 4 is 23.5 Å². The largest absolute Gasteiger partial charge is 0.497 e. The molecule has 4 rings (SSSR count). The summed E-state index contributed by atoms with van der Waals surface area (Å²) in [4.78, 5) is 38.9. The van der Waals surface area contributed by atoms with Crippen LogP contribution in [0, 0.1) is 5.92 Å². The van der Waals surface area contributed by atoms with Crippen LogP contribution in [0.2, 0.25) is 0 Å². The zero-order valence-electron chi connectivity index (χ0n) is 19.0. The fraction of sp³-hybridized carbons (Fsp3) is 0.222. The summed E-state index contributed by atoms with van der Waals surface area (Å²) >= 11 is 0. The molecular weight excluding hydrogens is 434 g/mol. The summed E-state index contributed by atoms with van der Waals surface area (Å²) in [6, 6.07) is 22.6. The van der Waals surface area contributed by atoms with Crippen molar-refractivity contribution in [2.45, 2.75) is 26.0 Å². The SMILES string of the molecule is COc1ccc(N2C(=O)[C@@H](Cc3ccc(OC(C)=O)cc3)[C@H]2C(=O)OCc2ccccc2)cc1. The molecule has 0 saturated carbocycles. The van der Waals surface area contributed by atoms with Crippen molar-refractivity contribution in [3.8, 4) is 11.5 Å². The molecular formula is C27H25NO6. The highest BCUT2D eigenvalue weighted by Crippen LogP contribution is 2.36. The molecule has 7 heteroatoms. The Labute approximate surface area is 197 Å². The Morgan fingerprint density at radius 1 is 0.853 bits per heavy atom. The molecule has 1 heterocycles. The van der Waals surface area contributed by atoms with Crippen LogP contribution < -0.4 is 14.4 Å². The van der Waals surface area contributed by atoms with Gasteiger partial charge in [-0.15, -0.1) is 0 Å². The van der Waals surface area contributed by atoms with Crippen molar-refractivity contribution in [2.24, 2.45) is 5.92 Å². The van der Waals surface area contributed by atoms with E-state index in [-0.39, 0.29) is 12.5 Å². The number of hydrogen-bond donors (Lipinski definition) is 0. The van der Waals surface area contributed by atoms with E-state index in [1.807, 2.05) is 30.3 Å². The predicted octanol–water partition coefficient (Wildman–Crippen LogP) is 3.94. The van der Waals surface area contributed by atoms with Gasteiger partial charge in [0.05, 0.1) is 13.0 Å². The number of carbonyl (C=O) groups excluding carboxylic acids is 3. The lowest BCUT2D eigenvalue weighted by atomic mass is 9.81. The summed E-state index contributed by atoms with van der Waals surface area (Å²) in [5.74, 6) is -0.501. The lowest BCUT2D eigenvalue weighted by molar-refractivity contribution is -0.155. The first-order valence-corrected chi connectivity index (χ1v) is 10.9.